The summed E-state index contributed by atoms with van der Waals surface area (Å²) in [5.41, 5.74) is -3.25. The Bertz CT molecular complexity index is 317. The number of amides is 1. The van der Waals surface area contributed by atoms with Gasteiger partial charge in [-0.2, -0.15) is 13.2 Å². The zero-order valence-corrected chi connectivity index (χ0v) is 8.37. The fourth-order valence-electron chi connectivity index (χ4n) is 1.35. The van der Waals surface area contributed by atoms with Crippen LogP contribution in [0.4, 0.5) is 18.0 Å². The van der Waals surface area contributed by atoms with Crippen LogP contribution in [0.1, 0.15) is 13.3 Å². The van der Waals surface area contributed by atoms with E-state index in [0.717, 1.165) is 0 Å². The van der Waals surface area contributed by atoms with Gasteiger partial charge in [0.2, 0.25) is 5.54 Å². The molecule has 0 aliphatic carbocycles. The predicted molar refractivity (Wildman–Crippen MR) is 44.8 cm³/mol. The van der Waals surface area contributed by atoms with Crippen LogP contribution in [0.2, 0.25) is 0 Å². The molecule has 1 amide bonds. The van der Waals surface area contributed by atoms with E-state index < -0.39 is 23.8 Å². The molecule has 1 atom stereocenters. The molecule has 0 radical (unpaired) electrons. The number of carbonyl (C=O) groups is 2. The first-order valence-electron chi connectivity index (χ1n) is 4.46. The summed E-state index contributed by atoms with van der Waals surface area (Å²) < 4.78 is 42.5. The molecule has 16 heavy (non-hydrogen) atoms. The summed E-state index contributed by atoms with van der Waals surface area (Å²) in [6.45, 7) is 0.159. The molecule has 0 aromatic rings. The van der Waals surface area contributed by atoms with Crippen LogP contribution >= 0.6 is 0 Å². The molecule has 1 rings (SSSR count). The smallest absolute Gasteiger partial charge is 0.422 e. The summed E-state index contributed by atoms with van der Waals surface area (Å²) in [6, 6.07) is 0. The van der Waals surface area contributed by atoms with E-state index in [4.69, 9.17) is 5.11 Å². The zero-order chi connectivity index (χ0) is 12.6. The highest BCUT2D eigenvalue weighted by atomic mass is 19.4. The first kappa shape index (κ1) is 12.6. The lowest BCUT2D eigenvalue weighted by Crippen LogP contribution is -2.65. The van der Waals surface area contributed by atoms with Crippen molar-refractivity contribution in [3.05, 3.63) is 0 Å². The lowest BCUT2D eigenvalue weighted by molar-refractivity contribution is -0.230. The van der Waals surface area contributed by atoms with E-state index in [0.29, 0.717) is 6.92 Å². The number of cyclic esters (lactones) is 1. The molecule has 1 fully saturated rings. The number of alkyl halides is 3. The van der Waals surface area contributed by atoms with E-state index in [1.807, 2.05) is 0 Å². The van der Waals surface area contributed by atoms with Crippen LogP contribution in [-0.2, 0) is 9.53 Å². The Kier molecular flexibility index (Phi) is 3.02. The molecule has 0 spiro atoms. The highest BCUT2D eigenvalue weighted by Gasteiger charge is 2.63. The van der Waals surface area contributed by atoms with Crippen LogP contribution in [0, 0.1) is 0 Å². The van der Waals surface area contributed by atoms with Crippen molar-refractivity contribution in [2.75, 3.05) is 13.2 Å². The summed E-state index contributed by atoms with van der Waals surface area (Å²) in [7, 11) is 0. The Morgan fingerprint density at radius 3 is 2.44 bits per heavy atom. The van der Waals surface area contributed by atoms with Gasteiger partial charge < -0.3 is 9.84 Å². The van der Waals surface area contributed by atoms with E-state index in [1.165, 1.54) is 0 Å². The molecule has 0 saturated carbocycles. The van der Waals surface area contributed by atoms with Gasteiger partial charge in [-0.15, -0.1) is 0 Å². The second-order valence-electron chi connectivity index (χ2n) is 3.49. The molecule has 0 aromatic carbocycles. The summed E-state index contributed by atoms with van der Waals surface area (Å²) in [6.07, 6.45) is -6.15. The molecule has 92 valence electrons. The van der Waals surface area contributed by atoms with Crippen molar-refractivity contribution in [2.45, 2.75) is 25.1 Å². The number of carbonyl (C=O) groups excluding carboxylic acids is 1. The first-order chi connectivity index (χ1) is 7.21. The van der Waals surface area contributed by atoms with Gasteiger partial charge in [-0.25, -0.2) is 9.59 Å². The molecule has 1 unspecified atom stereocenters. The van der Waals surface area contributed by atoms with E-state index in [9.17, 15) is 22.8 Å². The summed E-state index contributed by atoms with van der Waals surface area (Å²) in [5.74, 6) is -2.13. The average molecular weight is 241 g/mol. The van der Waals surface area contributed by atoms with Gasteiger partial charge in [0.05, 0.1) is 6.61 Å². The average Bonchev–Trinajstić information content (AvgIpc) is 2.15. The maximum absolute atomic E-state index is 12.7. The second kappa shape index (κ2) is 3.84. The Morgan fingerprint density at radius 1 is 1.50 bits per heavy atom. The third-order valence-corrected chi connectivity index (χ3v) is 2.48. The van der Waals surface area contributed by atoms with Gasteiger partial charge in [0.15, 0.2) is 0 Å². The van der Waals surface area contributed by atoms with Crippen LogP contribution < -0.4 is 0 Å². The van der Waals surface area contributed by atoms with Crippen LogP contribution in [0.3, 0.4) is 0 Å². The number of rotatable bonds is 2. The van der Waals surface area contributed by atoms with Crippen molar-refractivity contribution in [1.82, 2.24) is 4.90 Å². The van der Waals surface area contributed by atoms with Gasteiger partial charge in [-0.1, -0.05) is 0 Å². The van der Waals surface area contributed by atoms with Gasteiger partial charge in [0.1, 0.15) is 0 Å². The molecular weight excluding hydrogens is 231 g/mol. The molecule has 0 bridgehead atoms. The number of aliphatic carboxylic acids is 1. The monoisotopic (exact) mass is 241 g/mol. The normalized spacial score (nSPS) is 21.2. The van der Waals surface area contributed by atoms with Crippen molar-refractivity contribution in [1.29, 1.82) is 0 Å². The third-order valence-electron chi connectivity index (χ3n) is 2.48. The van der Waals surface area contributed by atoms with Gasteiger partial charge in [0.25, 0.3) is 0 Å². The number of halogens is 3. The lowest BCUT2D eigenvalue weighted by atomic mass is 9.99. The minimum atomic E-state index is -5.06. The first-order valence-corrected chi connectivity index (χ1v) is 4.46. The summed E-state index contributed by atoms with van der Waals surface area (Å²) in [5, 5.41) is 8.67. The van der Waals surface area contributed by atoms with Crippen molar-refractivity contribution in [2.24, 2.45) is 0 Å². The van der Waals surface area contributed by atoms with Gasteiger partial charge in [-0.05, 0) is 13.3 Å². The van der Waals surface area contributed by atoms with E-state index in [1.54, 1.807) is 0 Å². The molecular formula is C8H10F3NO4. The molecule has 1 heterocycles. The maximum Gasteiger partial charge on any atom is 0.422 e. The summed E-state index contributed by atoms with van der Waals surface area (Å²) in [4.78, 5) is 22.1. The predicted octanol–water partition coefficient (Wildman–Crippen LogP) is 1.23. The number of hydrogen-bond acceptors (Lipinski definition) is 3. The molecule has 1 saturated heterocycles. The van der Waals surface area contributed by atoms with E-state index in [-0.39, 0.29) is 24.5 Å². The van der Waals surface area contributed by atoms with Crippen LogP contribution in [-0.4, -0.2) is 46.9 Å². The van der Waals surface area contributed by atoms with Crippen LogP contribution in [0.25, 0.3) is 0 Å². The van der Waals surface area contributed by atoms with Gasteiger partial charge >= 0.3 is 18.2 Å². The largest absolute Gasteiger partial charge is 0.479 e. The highest BCUT2D eigenvalue weighted by molar-refractivity contribution is 5.85. The zero-order valence-electron chi connectivity index (χ0n) is 8.37. The number of carboxylic acid groups (broad SMARTS) is 1. The third kappa shape index (κ3) is 1.79. The molecule has 0 aromatic heterocycles. The van der Waals surface area contributed by atoms with Gasteiger partial charge in [-0.3, -0.25) is 4.90 Å². The quantitative estimate of drug-likeness (QED) is 0.789. The number of nitrogens with zero attached hydrogens (tertiary/aromatic N) is 1. The highest BCUT2D eigenvalue weighted by Crippen LogP contribution is 2.37. The van der Waals surface area contributed by atoms with Crippen molar-refractivity contribution < 1.29 is 32.6 Å². The molecule has 1 N–H and O–H groups in total. The van der Waals surface area contributed by atoms with Crippen LogP contribution in [0.5, 0.6) is 0 Å². The Hall–Kier alpha value is -1.47. The Morgan fingerprint density at radius 2 is 2.06 bits per heavy atom. The molecule has 1 aliphatic heterocycles. The fraction of sp³-hybridized carbons (Fsp3) is 0.750. The van der Waals surface area contributed by atoms with Crippen molar-refractivity contribution >= 4 is 12.1 Å². The maximum atomic E-state index is 12.7. The minimum absolute atomic E-state index is 0.00287. The molecule has 1 aliphatic rings. The standard InChI is InChI=1S/C8H10F3NO4/c1-7(5(13)14,8(9,10)11)12-3-2-4-16-6(12)15/h2-4H2,1H3,(H,13,14). The van der Waals surface area contributed by atoms with Crippen molar-refractivity contribution in [3.63, 3.8) is 0 Å². The summed E-state index contributed by atoms with van der Waals surface area (Å²) >= 11 is 0. The number of hydrogen-bond donors (Lipinski definition) is 1. The lowest BCUT2D eigenvalue weighted by Gasteiger charge is -2.39. The minimum Gasteiger partial charge on any atom is -0.479 e. The number of ether oxygens (including phenoxy) is 1. The molecule has 5 nitrogen and oxygen atoms in total. The van der Waals surface area contributed by atoms with E-state index >= 15 is 0 Å². The molecule has 8 heteroatoms. The van der Waals surface area contributed by atoms with E-state index in [2.05, 4.69) is 4.74 Å². The second-order valence-corrected chi connectivity index (χ2v) is 3.49. The van der Waals surface area contributed by atoms with Crippen LogP contribution in [0.15, 0.2) is 0 Å². The van der Waals surface area contributed by atoms with Gasteiger partial charge in [0, 0.05) is 6.54 Å². The SMILES string of the molecule is CC(C(=O)O)(N1CCCOC1=O)C(F)(F)F. The van der Waals surface area contributed by atoms with Crippen molar-refractivity contribution in [3.8, 4) is 0 Å². The Labute approximate surface area is 88.8 Å². The topological polar surface area (TPSA) is 66.8 Å². The number of carboxylic acids is 1. The Balaban J connectivity index is 3.11. The fourth-order valence-corrected chi connectivity index (χ4v) is 1.35.